The summed E-state index contributed by atoms with van der Waals surface area (Å²) in [6, 6.07) is 0. The number of guanidine groups is 1. The number of hydrogen-bond acceptors (Lipinski definition) is 3. The average molecular weight is 165 g/mol. The normalized spacial score (nSPS) is 19.5. The standard InChI is InChI=1S/C7H7N3O2/c11-7(12)10-5-4-9-3-1-2-8-6(9)10/h1-2,4-5H,3H2,(H,11,12). The summed E-state index contributed by atoms with van der Waals surface area (Å²) in [5.74, 6) is 0.449. The van der Waals surface area contributed by atoms with Crippen LogP contribution in [0.5, 0.6) is 0 Å². The SMILES string of the molecule is O=C(O)N1C=CN2CC=CN=C21. The van der Waals surface area contributed by atoms with Crippen LogP contribution in [0, 0.1) is 0 Å². The smallest absolute Gasteiger partial charge is 0.418 e. The van der Waals surface area contributed by atoms with E-state index in [1.165, 1.54) is 6.20 Å². The third-order valence-electron chi connectivity index (χ3n) is 1.67. The zero-order valence-corrected chi connectivity index (χ0v) is 6.21. The highest BCUT2D eigenvalue weighted by Gasteiger charge is 2.26. The molecule has 0 unspecified atom stereocenters. The molecule has 62 valence electrons. The van der Waals surface area contributed by atoms with Gasteiger partial charge in [0.1, 0.15) is 0 Å². The van der Waals surface area contributed by atoms with E-state index in [2.05, 4.69) is 4.99 Å². The molecule has 2 rings (SSSR count). The lowest BCUT2D eigenvalue weighted by molar-refractivity contribution is 0.179. The van der Waals surface area contributed by atoms with Crippen molar-refractivity contribution in [3.05, 3.63) is 24.7 Å². The molecule has 0 bridgehead atoms. The second-order valence-corrected chi connectivity index (χ2v) is 2.42. The van der Waals surface area contributed by atoms with Crippen LogP contribution in [-0.4, -0.2) is 33.5 Å². The van der Waals surface area contributed by atoms with Gasteiger partial charge in [-0.25, -0.2) is 14.7 Å². The van der Waals surface area contributed by atoms with Crippen LogP contribution in [0.3, 0.4) is 0 Å². The Balaban J connectivity index is 2.30. The maximum atomic E-state index is 10.6. The first kappa shape index (κ1) is 6.90. The Morgan fingerprint density at radius 2 is 2.42 bits per heavy atom. The van der Waals surface area contributed by atoms with Crippen LogP contribution in [0.1, 0.15) is 0 Å². The molecule has 0 spiro atoms. The minimum Gasteiger partial charge on any atom is -0.464 e. The molecule has 0 aliphatic carbocycles. The summed E-state index contributed by atoms with van der Waals surface area (Å²) in [6.07, 6.45) is 5.63. The fourth-order valence-electron chi connectivity index (χ4n) is 1.13. The summed E-state index contributed by atoms with van der Waals surface area (Å²) in [7, 11) is 0. The monoisotopic (exact) mass is 165 g/mol. The first-order valence-electron chi connectivity index (χ1n) is 3.49. The molecule has 12 heavy (non-hydrogen) atoms. The molecule has 1 amide bonds. The molecule has 0 saturated carbocycles. The Labute approximate surface area is 68.9 Å². The molecule has 2 aliphatic heterocycles. The molecule has 2 heterocycles. The van der Waals surface area contributed by atoms with E-state index in [1.807, 2.05) is 6.08 Å². The van der Waals surface area contributed by atoms with Crippen molar-refractivity contribution in [3.8, 4) is 0 Å². The molecule has 0 saturated heterocycles. The largest absolute Gasteiger partial charge is 0.464 e. The van der Waals surface area contributed by atoms with Crippen LogP contribution in [0.15, 0.2) is 29.7 Å². The number of hydrogen-bond donors (Lipinski definition) is 1. The van der Waals surface area contributed by atoms with Gasteiger partial charge in [0.25, 0.3) is 0 Å². The molecule has 0 fully saturated rings. The molecule has 2 aliphatic rings. The first-order chi connectivity index (χ1) is 5.79. The lowest BCUT2D eigenvalue weighted by Crippen LogP contribution is -2.37. The van der Waals surface area contributed by atoms with Crippen molar-refractivity contribution in [2.24, 2.45) is 4.99 Å². The fraction of sp³-hybridized carbons (Fsp3) is 0.143. The van der Waals surface area contributed by atoms with Gasteiger partial charge in [-0.05, 0) is 6.08 Å². The lowest BCUT2D eigenvalue weighted by atomic mass is 10.5. The average Bonchev–Trinajstić information content (AvgIpc) is 2.47. The summed E-state index contributed by atoms with van der Waals surface area (Å²) < 4.78 is 0. The molecular formula is C7H7N3O2. The van der Waals surface area contributed by atoms with E-state index in [4.69, 9.17) is 5.11 Å². The predicted octanol–water partition coefficient (Wildman–Crippen LogP) is 0.637. The Kier molecular flexibility index (Phi) is 1.36. The van der Waals surface area contributed by atoms with Gasteiger partial charge in [0, 0.05) is 25.1 Å². The van der Waals surface area contributed by atoms with Gasteiger partial charge in [0.05, 0.1) is 0 Å². The summed E-state index contributed by atoms with van der Waals surface area (Å²) in [5.41, 5.74) is 0. The molecule has 0 atom stereocenters. The highest BCUT2D eigenvalue weighted by Crippen LogP contribution is 2.13. The van der Waals surface area contributed by atoms with Gasteiger partial charge in [0.2, 0.25) is 5.96 Å². The number of rotatable bonds is 0. The van der Waals surface area contributed by atoms with Gasteiger partial charge in [0.15, 0.2) is 0 Å². The molecule has 0 radical (unpaired) electrons. The summed E-state index contributed by atoms with van der Waals surface area (Å²) >= 11 is 0. The number of aliphatic imine (C=N–C) groups is 1. The van der Waals surface area contributed by atoms with Crippen molar-refractivity contribution in [1.82, 2.24) is 9.80 Å². The minimum atomic E-state index is -1.01. The predicted molar refractivity (Wildman–Crippen MR) is 42.3 cm³/mol. The van der Waals surface area contributed by atoms with Crippen LogP contribution in [0.4, 0.5) is 4.79 Å². The molecule has 0 aromatic rings. The maximum absolute atomic E-state index is 10.6. The van der Waals surface area contributed by atoms with Gasteiger partial charge in [-0.15, -0.1) is 0 Å². The Hall–Kier alpha value is -1.78. The first-order valence-corrected chi connectivity index (χ1v) is 3.49. The minimum absolute atomic E-state index is 0.449. The van der Waals surface area contributed by atoms with Crippen LogP contribution >= 0.6 is 0 Å². The Morgan fingerprint density at radius 3 is 3.17 bits per heavy atom. The third kappa shape index (κ3) is 0.868. The van der Waals surface area contributed by atoms with Gasteiger partial charge in [-0.3, -0.25) is 0 Å². The number of carboxylic acid groups (broad SMARTS) is 1. The van der Waals surface area contributed by atoms with Crippen molar-refractivity contribution >= 4 is 12.1 Å². The molecular weight excluding hydrogens is 158 g/mol. The zero-order valence-electron chi connectivity index (χ0n) is 6.21. The van der Waals surface area contributed by atoms with Crippen LogP contribution in [0.25, 0.3) is 0 Å². The number of fused-ring (bicyclic) bond motifs is 1. The topological polar surface area (TPSA) is 56.1 Å². The highest BCUT2D eigenvalue weighted by molar-refractivity contribution is 5.97. The zero-order chi connectivity index (χ0) is 8.55. The van der Waals surface area contributed by atoms with E-state index in [0.717, 1.165) is 4.90 Å². The van der Waals surface area contributed by atoms with E-state index in [-0.39, 0.29) is 0 Å². The molecule has 5 heteroatoms. The quantitative estimate of drug-likeness (QED) is 0.573. The fourth-order valence-corrected chi connectivity index (χ4v) is 1.13. The van der Waals surface area contributed by atoms with E-state index in [0.29, 0.717) is 12.5 Å². The highest BCUT2D eigenvalue weighted by atomic mass is 16.4. The maximum Gasteiger partial charge on any atom is 0.418 e. The molecule has 0 aromatic heterocycles. The van der Waals surface area contributed by atoms with E-state index in [1.54, 1.807) is 17.3 Å². The number of carbonyl (C=O) groups is 1. The Bertz CT molecular complexity index is 306. The second-order valence-electron chi connectivity index (χ2n) is 2.42. The van der Waals surface area contributed by atoms with Crippen molar-refractivity contribution in [2.45, 2.75) is 0 Å². The summed E-state index contributed by atoms with van der Waals surface area (Å²) in [4.78, 5) is 17.4. The van der Waals surface area contributed by atoms with Crippen LogP contribution in [0.2, 0.25) is 0 Å². The van der Waals surface area contributed by atoms with Gasteiger partial charge in [-0.2, -0.15) is 0 Å². The summed E-state index contributed by atoms with van der Waals surface area (Å²) in [5, 5.41) is 8.70. The Morgan fingerprint density at radius 1 is 1.58 bits per heavy atom. The lowest BCUT2D eigenvalue weighted by Gasteiger charge is -2.20. The van der Waals surface area contributed by atoms with E-state index in [9.17, 15) is 4.79 Å². The van der Waals surface area contributed by atoms with Crippen molar-refractivity contribution < 1.29 is 9.90 Å². The van der Waals surface area contributed by atoms with Crippen molar-refractivity contribution in [1.29, 1.82) is 0 Å². The third-order valence-corrected chi connectivity index (χ3v) is 1.67. The van der Waals surface area contributed by atoms with E-state index < -0.39 is 6.09 Å². The molecule has 0 aromatic carbocycles. The van der Waals surface area contributed by atoms with Gasteiger partial charge < -0.3 is 10.0 Å². The van der Waals surface area contributed by atoms with Crippen LogP contribution in [-0.2, 0) is 0 Å². The number of amides is 1. The number of nitrogens with zero attached hydrogens (tertiary/aromatic N) is 3. The second kappa shape index (κ2) is 2.37. The summed E-state index contributed by atoms with van der Waals surface area (Å²) in [6.45, 7) is 0.680. The van der Waals surface area contributed by atoms with Crippen LogP contribution < -0.4 is 0 Å². The van der Waals surface area contributed by atoms with E-state index >= 15 is 0 Å². The van der Waals surface area contributed by atoms with Gasteiger partial charge in [-0.1, -0.05) is 0 Å². The van der Waals surface area contributed by atoms with Gasteiger partial charge >= 0.3 is 6.09 Å². The van der Waals surface area contributed by atoms with Crippen molar-refractivity contribution in [3.63, 3.8) is 0 Å². The molecule has 5 nitrogen and oxygen atoms in total. The van der Waals surface area contributed by atoms with Crippen molar-refractivity contribution in [2.75, 3.05) is 6.54 Å². The molecule has 1 N–H and O–H groups in total.